The Hall–Kier alpha value is -3.68. The average molecular weight is 1310 g/mol. The maximum atomic E-state index is 11.8. The van der Waals surface area contributed by atoms with E-state index in [1.165, 1.54) is 0 Å². The van der Waals surface area contributed by atoms with Gasteiger partial charge in [0.2, 0.25) is 0 Å². The largest absolute Gasteiger partial charge is 0.688 e. The molecule has 0 aliphatic rings. The zero-order chi connectivity index (χ0) is 56.1. The third-order valence-corrected chi connectivity index (χ3v) is 10.9. The van der Waals surface area contributed by atoms with Gasteiger partial charge in [0.15, 0.2) is 23.1 Å². The summed E-state index contributed by atoms with van der Waals surface area (Å²) in [6.07, 6.45) is 6.96. The minimum Gasteiger partial charge on any atom is -0.688 e. The van der Waals surface area contributed by atoms with Gasteiger partial charge in [0.05, 0.1) is 0 Å². The van der Waals surface area contributed by atoms with Crippen LogP contribution in [0, 0.1) is 102 Å². The van der Waals surface area contributed by atoms with Gasteiger partial charge < -0.3 is 31.5 Å². The Morgan fingerprint density at radius 1 is 0.355 bits per heavy atom. The Balaban J connectivity index is 0. The Morgan fingerprint density at radius 3 is 0.658 bits per heavy atom. The molecule has 4 rings (SSSR count). The van der Waals surface area contributed by atoms with Crippen LogP contribution in [0.1, 0.15) is 158 Å². The fourth-order valence-electron chi connectivity index (χ4n) is 5.90. The molecule has 0 saturated heterocycles. The number of benzene rings is 4. The predicted octanol–water partition coefficient (Wildman–Crippen LogP) is 15.9. The Bertz CT molecular complexity index is 2070. The number of hydrogen-bond acceptors (Lipinski definition) is 6. The monoisotopic (exact) mass is 1310 g/mol. The molecular formula is C64H88N4O6Sm2-4. The Kier molecular flexibility index (Phi) is 37.2. The van der Waals surface area contributed by atoms with Crippen molar-refractivity contribution in [2.75, 3.05) is 26.2 Å². The van der Waals surface area contributed by atoms with Gasteiger partial charge >= 0.3 is 0 Å². The van der Waals surface area contributed by atoms with Gasteiger partial charge in [0.1, 0.15) is 12.2 Å². The van der Waals surface area contributed by atoms with E-state index >= 15 is 0 Å². The molecule has 0 bridgehead atoms. The van der Waals surface area contributed by atoms with E-state index in [0.29, 0.717) is 26.2 Å². The molecule has 2 N–H and O–H groups in total. The molecule has 0 fully saturated rings. The van der Waals surface area contributed by atoms with Crippen LogP contribution in [0.5, 0.6) is 0 Å². The van der Waals surface area contributed by atoms with Crippen molar-refractivity contribution >= 4 is 23.1 Å². The summed E-state index contributed by atoms with van der Waals surface area (Å²) in [5.74, 6) is 0.344. The second-order valence-corrected chi connectivity index (χ2v) is 22.3. The van der Waals surface area contributed by atoms with Crippen LogP contribution >= 0.6 is 0 Å². The molecule has 0 aliphatic heterocycles. The van der Waals surface area contributed by atoms with Gasteiger partial charge in [-0.25, -0.2) is 0 Å². The van der Waals surface area contributed by atoms with Crippen LogP contribution in [0.2, 0.25) is 0 Å². The molecule has 0 spiro atoms. The Morgan fingerprint density at radius 2 is 0.513 bits per heavy atom. The summed E-state index contributed by atoms with van der Waals surface area (Å²) in [6, 6.07) is 38.7. The van der Waals surface area contributed by atoms with Crippen molar-refractivity contribution in [1.29, 1.82) is 0 Å². The van der Waals surface area contributed by atoms with Gasteiger partial charge in [-0.2, -0.15) is 22.8 Å². The van der Waals surface area contributed by atoms with Crippen LogP contribution in [0.25, 0.3) is 21.3 Å². The summed E-state index contributed by atoms with van der Waals surface area (Å²) in [5, 5.41) is 37.5. The molecule has 0 heterocycles. The van der Waals surface area contributed by atoms with E-state index in [1.54, 1.807) is 24.3 Å². The molecule has 0 aliphatic carbocycles. The van der Waals surface area contributed by atoms with E-state index in [0.717, 1.165) is 57.9 Å². The second-order valence-electron chi connectivity index (χ2n) is 22.3. The van der Waals surface area contributed by atoms with E-state index in [2.05, 4.69) is 21.3 Å². The minimum atomic E-state index is -0.516. The van der Waals surface area contributed by atoms with Crippen molar-refractivity contribution in [3.05, 3.63) is 212 Å². The molecule has 0 aromatic heterocycles. The van der Waals surface area contributed by atoms with Crippen LogP contribution in [-0.4, -0.2) is 59.5 Å². The third kappa shape index (κ3) is 33.6. The van der Waals surface area contributed by atoms with Gasteiger partial charge in [0.25, 0.3) is 0 Å². The molecular weight excluding hydrogens is 1220 g/mol. The molecule has 0 saturated carbocycles. The van der Waals surface area contributed by atoms with Crippen LogP contribution in [0.4, 0.5) is 0 Å². The van der Waals surface area contributed by atoms with E-state index in [4.69, 9.17) is 0 Å². The minimum absolute atomic E-state index is 0. The van der Waals surface area contributed by atoms with Crippen molar-refractivity contribution in [2.24, 2.45) is 21.7 Å². The molecule has 0 unspecified atom stereocenters. The number of aliphatic hydroxyl groups excluding tert-OH is 2. The van der Waals surface area contributed by atoms with Crippen molar-refractivity contribution in [2.45, 2.75) is 136 Å². The van der Waals surface area contributed by atoms with Gasteiger partial charge in [-0.15, -0.1) is 26.2 Å². The number of carbonyl (C=O) groups excluding carboxylic acids is 4. The van der Waals surface area contributed by atoms with E-state index in [-0.39, 0.29) is 126 Å². The Labute approximate surface area is 523 Å². The molecule has 0 amide bonds. The SMILES string of the molecule is C/C(=C\C(=O)C(C)(C)C)[N-]CCC[N-]/C(C)=C/C(=O)C(C)(C)C.C/C(=C\C(=O)C(C)(C)C)[N-]CCC[N-]/C(C)=C/C(=O)C(C)(C)C.OC(c1ccccc1)c1ccccc1.OC(c1ccccc1)c1ccccc1.[Sm].[Sm]. The second kappa shape index (κ2) is 38.0. The first-order valence-electron chi connectivity index (χ1n) is 25.6. The van der Waals surface area contributed by atoms with Crippen molar-refractivity contribution in [3.63, 3.8) is 0 Å². The first kappa shape index (κ1) is 74.4. The molecule has 76 heavy (non-hydrogen) atoms. The van der Waals surface area contributed by atoms with Crippen molar-refractivity contribution in [3.8, 4) is 0 Å². The van der Waals surface area contributed by atoms with Gasteiger partial charge in [-0.3, -0.25) is 19.2 Å². The maximum Gasteiger partial charge on any atom is 0.159 e. The topological polar surface area (TPSA) is 165 Å². The van der Waals surface area contributed by atoms with Crippen LogP contribution in [0.3, 0.4) is 0 Å². The summed E-state index contributed by atoms with van der Waals surface area (Å²) in [4.78, 5) is 47.4. The van der Waals surface area contributed by atoms with E-state index in [1.807, 2.05) is 232 Å². The van der Waals surface area contributed by atoms with E-state index < -0.39 is 12.2 Å². The third-order valence-electron chi connectivity index (χ3n) is 10.9. The zero-order valence-corrected chi connectivity index (χ0v) is 53.6. The van der Waals surface area contributed by atoms with E-state index in [9.17, 15) is 29.4 Å². The summed E-state index contributed by atoms with van der Waals surface area (Å²) >= 11 is 0. The number of nitrogens with zero attached hydrogens (tertiary/aromatic N) is 4. The molecule has 12 heteroatoms. The van der Waals surface area contributed by atoms with Crippen LogP contribution < -0.4 is 0 Å². The standard InChI is InChI=1S/2C19H34N2O2.2C13H12O.2Sm/c2*1-14(12-16(22)18(3,4)5)20-10-9-11-21-15(2)13-17(23)19(6,7)8;2*14-13(11-7-3-1-4-8-11)12-9-5-2-6-10-12;;/h2*12-13H,9-11H2,1-8H3,(H2,20,21,22,23);2*1-10,13-14H;;/p-4. The quantitative estimate of drug-likeness (QED) is 0.0660. The molecule has 0 radical (unpaired) electrons. The maximum absolute atomic E-state index is 11.8. The number of ketones is 4. The van der Waals surface area contributed by atoms with Crippen LogP contribution in [0.15, 0.2) is 168 Å². The summed E-state index contributed by atoms with van der Waals surface area (Å²) in [5.41, 5.74) is 5.25. The summed E-state index contributed by atoms with van der Waals surface area (Å²) < 4.78 is 0. The first-order chi connectivity index (χ1) is 34.4. The normalized spacial score (nSPS) is 12.2. The number of rotatable bonds is 20. The van der Waals surface area contributed by atoms with Crippen molar-refractivity contribution < 1.29 is 110 Å². The number of carbonyl (C=O) groups is 4. The molecule has 10 nitrogen and oxygen atoms in total. The summed E-state index contributed by atoms with van der Waals surface area (Å²) in [6.45, 7) is 32.6. The first-order valence-corrected chi connectivity index (χ1v) is 25.6. The van der Waals surface area contributed by atoms with Crippen molar-refractivity contribution in [1.82, 2.24) is 0 Å². The number of hydrogen-bond donors (Lipinski definition) is 2. The zero-order valence-electron chi connectivity index (χ0n) is 48.4. The smallest absolute Gasteiger partial charge is 0.159 e. The number of allylic oxidation sites excluding steroid dienone is 8. The van der Waals surface area contributed by atoms with Gasteiger partial charge in [-0.1, -0.05) is 245 Å². The predicted molar refractivity (Wildman–Crippen MR) is 309 cm³/mol. The van der Waals surface area contributed by atoms with Crippen LogP contribution in [-0.2, 0) is 19.2 Å². The van der Waals surface area contributed by atoms with Gasteiger partial charge in [-0.05, 0) is 46.6 Å². The molecule has 416 valence electrons. The fourth-order valence-corrected chi connectivity index (χ4v) is 5.90. The fraction of sp³-hybridized carbons (Fsp3) is 0.438. The molecule has 4 aromatic carbocycles. The molecule has 4 aromatic rings. The molecule has 0 atom stereocenters. The summed E-state index contributed by atoms with van der Waals surface area (Å²) in [7, 11) is 0. The number of aliphatic hydroxyl groups is 2. The van der Waals surface area contributed by atoms with Gasteiger partial charge in [0, 0.05) is 102 Å². The average Bonchev–Trinajstić information content (AvgIpc) is 3.33.